The van der Waals surface area contributed by atoms with Gasteiger partial charge in [0.2, 0.25) is 5.91 Å². The molecule has 0 unspecified atom stereocenters. The molecule has 2 amide bonds. The highest BCUT2D eigenvalue weighted by atomic mass is 35.5. The van der Waals surface area contributed by atoms with E-state index in [1.165, 1.54) is 25.2 Å². The normalized spacial score (nSPS) is 14.4. The Morgan fingerprint density at radius 3 is 2.56 bits per heavy atom. The summed E-state index contributed by atoms with van der Waals surface area (Å²) in [4.78, 5) is 36.4. The van der Waals surface area contributed by atoms with Gasteiger partial charge in [0.15, 0.2) is 0 Å². The van der Waals surface area contributed by atoms with Crippen molar-refractivity contribution in [3.63, 3.8) is 0 Å². The summed E-state index contributed by atoms with van der Waals surface area (Å²) in [6, 6.07) is 11.2. The lowest BCUT2D eigenvalue weighted by atomic mass is 9.99. The number of rotatable bonds is 12. The maximum absolute atomic E-state index is 14.0. The second-order valence-electron chi connectivity index (χ2n) is 10.7. The van der Waals surface area contributed by atoms with Crippen LogP contribution < -0.4 is 15.2 Å². The second-order valence-corrected chi connectivity index (χ2v) is 14.7. The van der Waals surface area contributed by atoms with Crippen LogP contribution in [0.5, 0.6) is 5.75 Å². The molecule has 2 heterocycles. The Kier molecular flexibility index (Phi) is 9.07. The Balaban J connectivity index is 1.56. The molecule has 0 bridgehead atoms. The molecule has 1 aliphatic rings. The third kappa shape index (κ3) is 7.06. The number of sulfonamides is 1. The molecule has 0 radical (unpaired) electrons. The van der Waals surface area contributed by atoms with Crippen molar-refractivity contribution in [3.05, 3.63) is 74.5 Å². The van der Waals surface area contributed by atoms with Gasteiger partial charge in [-0.3, -0.25) is 14.6 Å². The Labute approximate surface area is 249 Å². The predicted octanol–water partition coefficient (Wildman–Crippen LogP) is 3.96. The van der Waals surface area contributed by atoms with Crippen LogP contribution >= 0.6 is 22.9 Å². The number of pyridine rings is 1. The second kappa shape index (κ2) is 12.0. The van der Waals surface area contributed by atoms with E-state index >= 15 is 0 Å². The number of carbonyl (C=O) groups is 2. The number of carbonyl (C=O) groups excluding carboxylic acids is 2. The predicted molar refractivity (Wildman–Crippen MR) is 158 cm³/mol. The molecule has 1 fully saturated rings. The third-order valence-corrected chi connectivity index (χ3v) is 10.0. The SMILES string of the molecule is COc1ccc(C2(C(=O)N(CCCc3cccc(Cl)c3)Cc3nc(C(=O)NS(=O)(=O)C(C)(C)N)c(C)s3)CC2)nc1. The number of benzene rings is 1. The minimum atomic E-state index is -4.12. The van der Waals surface area contributed by atoms with Crippen molar-refractivity contribution in [2.45, 2.75) is 63.3 Å². The molecule has 1 aromatic carbocycles. The van der Waals surface area contributed by atoms with E-state index in [4.69, 9.17) is 22.1 Å². The molecule has 10 nitrogen and oxygen atoms in total. The van der Waals surface area contributed by atoms with Gasteiger partial charge in [-0.05, 0) is 76.3 Å². The summed E-state index contributed by atoms with van der Waals surface area (Å²) in [5.74, 6) is -0.310. The van der Waals surface area contributed by atoms with E-state index in [-0.39, 0.29) is 18.1 Å². The summed E-state index contributed by atoms with van der Waals surface area (Å²) in [5.41, 5.74) is 6.72. The first-order chi connectivity index (χ1) is 19.3. The molecular weight excluding hydrogens is 586 g/mol. The molecule has 0 saturated heterocycles. The molecule has 41 heavy (non-hydrogen) atoms. The van der Waals surface area contributed by atoms with Crippen LogP contribution in [-0.4, -0.2) is 53.6 Å². The zero-order chi connectivity index (χ0) is 30.0. The highest BCUT2D eigenvalue weighted by Crippen LogP contribution is 2.49. The number of hydrogen-bond donors (Lipinski definition) is 2. The van der Waals surface area contributed by atoms with Gasteiger partial charge in [0.25, 0.3) is 15.9 Å². The van der Waals surface area contributed by atoms with Crippen molar-refractivity contribution in [1.29, 1.82) is 0 Å². The zero-order valence-electron chi connectivity index (χ0n) is 23.4. The maximum Gasteiger partial charge on any atom is 0.284 e. The Hall–Kier alpha value is -3.06. The fourth-order valence-corrected chi connectivity index (χ4v) is 6.17. The molecule has 2 aromatic heterocycles. The van der Waals surface area contributed by atoms with Crippen molar-refractivity contribution in [2.75, 3.05) is 13.7 Å². The third-order valence-electron chi connectivity index (χ3n) is 6.99. The molecule has 1 aliphatic carbocycles. The van der Waals surface area contributed by atoms with E-state index in [1.54, 1.807) is 31.2 Å². The van der Waals surface area contributed by atoms with Crippen molar-refractivity contribution in [1.82, 2.24) is 19.6 Å². The van der Waals surface area contributed by atoms with Gasteiger partial charge in [-0.25, -0.2) is 18.1 Å². The minimum Gasteiger partial charge on any atom is -0.495 e. The lowest BCUT2D eigenvalue weighted by Gasteiger charge is -2.27. The number of methoxy groups -OCH3 is 1. The van der Waals surface area contributed by atoms with Gasteiger partial charge in [0, 0.05) is 16.4 Å². The number of nitrogens with one attached hydrogen (secondary N) is 1. The highest BCUT2D eigenvalue weighted by Gasteiger charge is 2.54. The molecule has 220 valence electrons. The van der Waals surface area contributed by atoms with Crippen molar-refractivity contribution < 1.29 is 22.7 Å². The molecule has 13 heteroatoms. The molecule has 4 rings (SSSR count). The first-order valence-corrected chi connectivity index (χ1v) is 15.8. The molecule has 3 N–H and O–H groups in total. The van der Waals surface area contributed by atoms with E-state index in [2.05, 4.69) is 9.97 Å². The van der Waals surface area contributed by atoms with Gasteiger partial charge in [-0.1, -0.05) is 23.7 Å². The number of nitrogens with zero attached hydrogens (tertiary/aromatic N) is 3. The Bertz CT molecular complexity index is 1530. The van der Waals surface area contributed by atoms with Crippen LogP contribution in [0.4, 0.5) is 0 Å². The molecule has 0 spiro atoms. The smallest absolute Gasteiger partial charge is 0.284 e. The average Bonchev–Trinajstić information content (AvgIpc) is 3.63. The van der Waals surface area contributed by atoms with Crippen LogP contribution in [0.2, 0.25) is 5.02 Å². The van der Waals surface area contributed by atoms with Crippen LogP contribution in [0.3, 0.4) is 0 Å². The topological polar surface area (TPSA) is 145 Å². The summed E-state index contributed by atoms with van der Waals surface area (Å²) in [7, 11) is -2.56. The lowest BCUT2D eigenvalue weighted by Crippen LogP contribution is -2.50. The highest BCUT2D eigenvalue weighted by molar-refractivity contribution is 7.91. The number of thiazole rings is 1. The van der Waals surface area contributed by atoms with E-state index in [0.717, 1.165) is 12.0 Å². The number of amides is 2. The van der Waals surface area contributed by atoms with Crippen LogP contribution in [0.1, 0.15) is 64.7 Å². The van der Waals surface area contributed by atoms with Crippen molar-refractivity contribution in [2.24, 2.45) is 5.73 Å². The lowest BCUT2D eigenvalue weighted by molar-refractivity contribution is -0.134. The maximum atomic E-state index is 14.0. The quantitative estimate of drug-likeness (QED) is 0.310. The number of aryl methyl sites for hydroxylation is 2. The Morgan fingerprint density at radius 2 is 1.98 bits per heavy atom. The number of aromatic nitrogens is 2. The van der Waals surface area contributed by atoms with Gasteiger partial charge in [0.05, 0.1) is 31.0 Å². The van der Waals surface area contributed by atoms with E-state index in [0.29, 0.717) is 52.2 Å². The van der Waals surface area contributed by atoms with E-state index < -0.39 is 26.2 Å². The molecule has 1 saturated carbocycles. The average molecular weight is 620 g/mol. The van der Waals surface area contributed by atoms with Gasteiger partial charge in [0.1, 0.15) is 21.3 Å². The largest absolute Gasteiger partial charge is 0.495 e. The molecule has 0 aliphatic heterocycles. The fraction of sp³-hybridized carbons (Fsp3) is 0.429. The van der Waals surface area contributed by atoms with E-state index in [1.807, 2.05) is 35.1 Å². The van der Waals surface area contributed by atoms with Crippen molar-refractivity contribution >= 4 is 44.8 Å². The summed E-state index contributed by atoms with van der Waals surface area (Å²) in [6.45, 7) is 4.88. The number of nitrogens with two attached hydrogens (primary N) is 1. The van der Waals surface area contributed by atoms with Gasteiger partial charge in [-0.2, -0.15) is 0 Å². The summed E-state index contributed by atoms with van der Waals surface area (Å²) < 4.78 is 32.1. The first-order valence-electron chi connectivity index (χ1n) is 13.1. The van der Waals surface area contributed by atoms with Gasteiger partial charge < -0.3 is 15.4 Å². The van der Waals surface area contributed by atoms with Gasteiger partial charge >= 0.3 is 0 Å². The number of halogens is 1. The van der Waals surface area contributed by atoms with E-state index in [9.17, 15) is 18.0 Å². The Morgan fingerprint density at radius 1 is 1.24 bits per heavy atom. The minimum absolute atomic E-state index is 0.0119. The molecular formula is C28H34ClN5O5S2. The number of ether oxygens (including phenoxy) is 1. The zero-order valence-corrected chi connectivity index (χ0v) is 25.8. The standard InChI is InChI=1S/C28H34ClN5O5S2/c1-18-24(25(35)33-41(37,38)27(2,3)30)32-23(40-18)17-34(14-6-8-19-7-5-9-20(29)15-19)26(36)28(12-13-28)22-11-10-21(39-4)16-31-22/h5,7,9-11,15-16H,6,8,12-14,17,30H2,1-4H3,(H,33,35). The monoisotopic (exact) mass is 619 g/mol. The van der Waals surface area contributed by atoms with Crippen LogP contribution in [0.15, 0.2) is 42.6 Å². The molecule has 3 aromatic rings. The van der Waals surface area contributed by atoms with Crippen molar-refractivity contribution in [3.8, 4) is 5.75 Å². The van der Waals surface area contributed by atoms with Crippen LogP contribution in [0.25, 0.3) is 0 Å². The summed E-state index contributed by atoms with van der Waals surface area (Å²) in [6.07, 6.45) is 4.35. The fourth-order valence-electron chi connectivity index (χ4n) is 4.41. The summed E-state index contributed by atoms with van der Waals surface area (Å²) in [5, 5.41) is 1.17. The van der Waals surface area contributed by atoms with Gasteiger partial charge in [-0.15, -0.1) is 11.3 Å². The summed E-state index contributed by atoms with van der Waals surface area (Å²) >= 11 is 7.39. The number of hydrogen-bond acceptors (Lipinski definition) is 9. The van der Waals surface area contributed by atoms with Crippen LogP contribution in [0, 0.1) is 6.92 Å². The first kappa shape index (κ1) is 30.9. The van der Waals surface area contributed by atoms with Crippen LogP contribution in [-0.2, 0) is 33.2 Å². The molecule has 0 atom stereocenters.